The topological polar surface area (TPSA) is 61.0 Å². The van der Waals surface area contributed by atoms with Gasteiger partial charge in [0.25, 0.3) is 0 Å². The van der Waals surface area contributed by atoms with Crippen molar-refractivity contribution >= 4 is 11.3 Å². The summed E-state index contributed by atoms with van der Waals surface area (Å²) in [6.45, 7) is 4.05. The third-order valence-corrected chi connectivity index (χ3v) is 4.74. The molecule has 4 nitrogen and oxygen atoms in total. The smallest absolute Gasteiger partial charge is 0.142 e. The molecule has 1 aliphatic rings. The average Bonchev–Trinajstić information content (AvgIpc) is 2.73. The van der Waals surface area contributed by atoms with E-state index in [9.17, 15) is 0 Å². The summed E-state index contributed by atoms with van der Waals surface area (Å²) in [4.78, 5) is 10.2. The zero-order chi connectivity index (χ0) is 12.6. The molecule has 2 aromatic heterocycles. The minimum Gasteiger partial charge on any atom is -0.379 e. The van der Waals surface area contributed by atoms with Gasteiger partial charge in [-0.25, -0.2) is 4.98 Å². The van der Waals surface area contributed by atoms with E-state index in [2.05, 4.69) is 9.97 Å². The van der Waals surface area contributed by atoms with E-state index in [1.807, 2.05) is 25.1 Å². The number of rotatable bonds is 3. The number of aryl methyl sites for hydroxylation is 1. The van der Waals surface area contributed by atoms with Crippen LogP contribution in [0.2, 0.25) is 0 Å². The number of nitrogens with zero attached hydrogens (tertiary/aromatic N) is 2. The maximum Gasteiger partial charge on any atom is 0.142 e. The predicted octanol–water partition coefficient (Wildman–Crippen LogP) is 1.74. The summed E-state index contributed by atoms with van der Waals surface area (Å²) in [5.41, 5.74) is 7.85. The lowest BCUT2D eigenvalue weighted by atomic mass is 9.84. The molecule has 2 aromatic rings. The van der Waals surface area contributed by atoms with Crippen molar-refractivity contribution in [2.24, 2.45) is 5.73 Å². The number of thiazole rings is 1. The lowest BCUT2D eigenvalue weighted by Gasteiger charge is -2.39. The van der Waals surface area contributed by atoms with Gasteiger partial charge >= 0.3 is 0 Å². The highest BCUT2D eigenvalue weighted by Crippen LogP contribution is 2.39. The van der Waals surface area contributed by atoms with Gasteiger partial charge in [-0.1, -0.05) is 6.07 Å². The van der Waals surface area contributed by atoms with Crippen LogP contribution in [0.15, 0.2) is 24.4 Å². The molecular weight excluding hydrogens is 246 g/mol. The molecular formula is C13H15N3OS. The summed E-state index contributed by atoms with van der Waals surface area (Å²) in [7, 11) is 0. The monoisotopic (exact) mass is 261 g/mol. The molecule has 3 heterocycles. The van der Waals surface area contributed by atoms with Gasteiger partial charge in [0.05, 0.1) is 30.0 Å². The Kier molecular flexibility index (Phi) is 2.89. The maximum absolute atomic E-state index is 5.90. The molecule has 5 heteroatoms. The first-order valence-electron chi connectivity index (χ1n) is 5.92. The van der Waals surface area contributed by atoms with Crippen LogP contribution in [-0.2, 0) is 10.2 Å². The largest absolute Gasteiger partial charge is 0.379 e. The van der Waals surface area contributed by atoms with Crippen molar-refractivity contribution < 1.29 is 4.74 Å². The molecule has 3 rings (SSSR count). The molecule has 18 heavy (non-hydrogen) atoms. The van der Waals surface area contributed by atoms with Gasteiger partial charge in [-0.15, -0.1) is 11.3 Å². The quantitative estimate of drug-likeness (QED) is 0.914. The fourth-order valence-electron chi connectivity index (χ4n) is 2.18. The molecule has 0 amide bonds. The summed E-state index contributed by atoms with van der Waals surface area (Å²) in [6.07, 6.45) is 1.79. The Labute approximate surface area is 110 Å². The van der Waals surface area contributed by atoms with Crippen molar-refractivity contribution in [2.45, 2.75) is 12.3 Å². The Morgan fingerprint density at radius 1 is 1.44 bits per heavy atom. The summed E-state index contributed by atoms with van der Waals surface area (Å²) in [5, 5.41) is 0.961. The molecule has 0 unspecified atom stereocenters. The Morgan fingerprint density at radius 3 is 2.83 bits per heavy atom. The Hall–Kier alpha value is -1.30. The Morgan fingerprint density at radius 2 is 2.28 bits per heavy atom. The van der Waals surface area contributed by atoms with Crippen molar-refractivity contribution in [3.63, 3.8) is 0 Å². The Balaban J connectivity index is 2.01. The highest BCUT2D eigenvalue weighted by atomic mass is 32.1. The molecule has 2 N–H and O–H groups in total. The fraction of sp³-hybridized carbons (Fsp3) is 0.385. The lowest BCUT2D eigenvalue weighted by molar-refractivity contribution is -0.0535. The number of nitrogens with two attached hydrogens (primary N) is 1. The van der Waals surface area contributed by atoms with Crippen molar-refractivity contribution in [3.8, 4) is 10.7 Å². The average molecular weight is 261 g/mol. The van der Waals surface area contributed by atoms with Crippen LogP contribution < -0.4 is 5.73 Å². The normalized spacial score (nSPS) is 17.4. The van der Waals surface area contributed by atoms with Crippen LogP contribution in [-0.4, -0.2) is 29.7 Å². The maximum atomic E-state index is 5.90. The molecule has 94 valence electrons. The van der Waals surface area contributed by atoms with Crippen molar-refractivity contribution in [1.82, 2.24) is 9.97 Å². The van der Waals surface area contributed by atoms with Gasteiger partial charge in [-0.2, -0.15) is 0 Å². The van der Waals surface area contributed by atoms with Crippen LogP contribution in [0.4, 0.5) is 0 Å². The second kappa shape index (κ2) is 4.42. The molecule has 0 saturated carbocycles. The van der Waals surface area contributed by atoms with Crippen molar-refractivity contribution in [2.75, 3.05) is 19.8 Å². The van der Waals surface area contributed by atoms with E-state index in [1.54, 1.807) is 17.5 Å². The van der Waals surface area contributed by atoms with Crippen LogP contribution in [0.25, 0.3) is 10.7 Å². The van der Waals surface area contributed by atoms with Gasteiger partial charge in [-0.05, 0) is 19.1 Å². The van der Waals surface area contributed by atoms with Crippen LogP contribution in [0.1, 0.15) is 10.6 Å². The second-order valence-corrected chi connectivity index (χ2v) is 5.62. The zero-order valence-corrected chi connectivity index (χ0v) is 11.0. The molecule has 1 aliphatic heterocycles. The molecule has 0 radical (unpaired) electrons. The van der Waals surface area contributed by atoms with Crippen LogP contribution in [0.5, 0.6) is 0 Å². The van der Waals surface area contributed by atoms with E-state index in [-0.39, 0.29) is 5.41 Å². The van der Waals surface area contributed by atoms with Crippen LogP contribution >= 0.6 is 11.3 Å². The predicted molar refractivity (Wildman–Crippen MR) is 71.6 cm³/mol. The molecule has 0 spiro atoms. The number of pyridine rings is 1. The SMILES string of the molecule is Cc1nc(-c2ccccn2)sc1C1(CN)COC1. The van der Waals surface area contributed by atoms with Crippen LogP contribution in [0, 0.1) is 6.92 Å². The van der Waals surface area contributed by atoms with Gasteiger partial charge in [0.1, 0.15) is 5.01 Å². The molecule has 0 atom stereocenters. The van der Waals surface area contributed by atoms with Crippen molar-refractivity contribution in [1.29, 1.82) is 0 Å². The van der Waals surface area contributed by atoms with Gasteiger partial charge < -0.3 is 10.5 Å². The van der Waals surface area contributed by atoms with E-state index >= 15 is 0 Å². The van der Waals surface area contributed by atoms with Gasteiger partial charge in [-0.3, -0.25) is 4.98 Å². The highest BCUT2D eigenvalue weighted by Gasteiger charge is 2.42. The molecule has 0 aromatic carbocycles. The second-order valence-electron chi connectivity index (χ2n) is 4.63. The minimum atomic E-state index is -0.0191. The molecule has 1 fully saturated rings. The molecule has 0 bridgehead atoms. The van der Waals surface area contributed by atoms with E-state index in [0.29, 0.717) is 19.8 Å². The van der Waals surface area contributed by atoms with E-state index in [4.69, 9.17) is 10.5 Å². The first-order chi connectivity index (χ1) is 8.75. The Bertz CT molecular complexity index is 543. The molecule has 0 aliphatic carbocycles. The summed E-state index contributed by atoms with van der Waals surface area (Å²) >= 11 is 1.69. The third-order valence-electron chi connectivity index (χ3n) is 3.31. The summed E-state index contributed by atoms with van der Waals surface area (Å²) in [5.74, 6) is 0. The lowest BCUT2D eigenvalue weighted by Crippen LogP contribution is -2.52. The first-order valence-corrected chi connectivity index (χ1v) is 6.74. The first kappa shape index (κ1) is 11.8. The van der Waals surface area contributed by atoms with Gasteiger partial charge in [0, 0.05) is 17.6 Å². The van der Waals surface area contributed by atoms with E-state index in [1.165, 1.54) is 4.88 Å². The number of hydrogen-bond donors (Lipinski definition) is 1. The van der Waals surface area contributed by atoms with E-state index < -0.39 is 0 Å². The standard InChI is InChI=1S/C13H15N3OS/c1-9-11(13(6-14)7-17-8-13)18-12(16-9)10-4-2-3-5-15-10/h2-5H,6-8,14H2,1H3. The highest BCUT2D eigenvalue weighted by molar-refractivity contribution is 7.15. The number of aromatic nitrogens is 2. The zero-order valence-electron chi connectivity index (χ0n) is 10.2. The van der Waals surface area contributed by atoms with Crippen LogP contribution in [0.3, 0.4) is 0 Å². The van der Waals surface area contributed by atoms with Crippen molar-refractivity contribution in [3.05, 3.63) is 35.0 Å². The van der Waals surface area contributed by atoms with Gasteiger partial charge in [0.2, 0.25) is 0 Å². The van der Waals surface area contributed by atoms with Gasteiger partial charge in [0.15, 0.2) is 0 Å². The fourth-order valence-corrected chi connectivity index (χ4v) is 3.39. The minimum absolute atomic E-state index is 0.0191. The molecule has 1 saturated heterocycles. The van der Waals surface area contributed by atoms with E-state index in [0.717, 1.165) is 16.4 Å². The summed E-state index contributed by atoms with van der Waals surface area (Å²) < 4.78 is 5.34. The third kappa shape index (κ3) is 1.75. The number of ether oxygens (including phenoxy) is 1. The summed E-state index contributed by atoms with van der Waals surface area (Å²) in [6, 6.07) is 5.87. The number of hydrogen-bond acceptors (Lipinski definition) is 5.